The third-order valence-electron chi connectivity index (χ3n) is 8.13. The molecule has 1 amide bonds. The SMILES string of the molecule is NC(=O)C1C(=O)C[C@@H]2C[C@@H]3Cc4c(-c5cccc(C(=O)O)c5)cc(C(F)(F)F)c(O)c4C(=O)C3C(=O)[C@]2(O)C1=O. The summed E-state index contributed by atoms with van der Waals surface area (Å²) in [7, 11) is 0. The highest BCUT2D eigenvalue weighted by Gasteiger charge is 2.66. The van der Waals surface area contributed by atoms with E-state index in [0.29, 0.717) is 6.07 Å². The fourth-order valence-electron chi connectivity index (χ4n) is 6.33. The van der Waals surface area contributed by atoms with Crippen molar-refractivity contribution in [2.24, 2.45) is 29.4 Å². The van der Waals surface area contributed by atoms with E-state index in [1.54, 1.807) is 0 Å². The molecule has 0 spiro atoms. The van der Waals surface area contributed by atoms with Gasteiger partial charge >= 0.3 is 12.1 Å². The zero-order valence-corrected chi connectivity index (χ0v) is 20.3. The number of ketones is 4. The zero-order chi connectivity index (χ0) is 29.5. The van der Waals surface area contributed by atoms with Crippen LogP contribution in [0.4, 0.5) is 13.2 Å². The number of aromatic carboxylic acids is 1. The number of amides is 1. The van der Waals surface area contributed by atoms with Gasteiger partial charge in [0.1, 0.15) is 5.75 Å². The molecule has 208 valence electrons. The van der Waals surface area contributed by atoms with E-state index in [0.717, 1.165) is 6.07 Å². The number of halogens is 3. The third-order valence-corrected chi connectivity index (χ3v) is 8.13. The molecule has 5 atom stereocenters. The molecule has 10 nitrogen and oxygen atoms in total. The van der Waals surface area contributed by atoms with E-state index < -0.39 is 93.8 Å². The van der Waals surface area contributed by atoms with Crippen molar-refractivity contribution in [3.63, 3.8) is 0 Å². The second-order valence-electron chi connectivity index (χ2n) is 10.3. The van der Waals surface area contributed by atoms with E-state index >= 15 is 0 Å². The van der Waals surface area contributed by atoms with Crippen LogP contribution in [-0.2, 0) is 31.8 Å². The van der Waals surface area contributed by atoms with Gasteiger partial charge in [0.15, 0.2) is 34.7 Å². The van der Waals surface area contributed by atoms with Gasteiger partial charge in [-0.1, -0.05) is 12.1 Å². The lowest BCUT2D eigenvalue weighted by molar-refractivity contribution is -0.175. The van der Waals surface area contributed by atoms with Crippen LogP contribution in [-0.4, -0.2) is 55.9 Å². The molecular formula is C27H20F3NO9. The number of fused-ring (bicyclic) bond motifs is 3. The summed E-state index contributed by atoms with van der Waals surface area (Å²) in [6, 6.07) is 5.51. The minimum Gasteiger partial charge on any atom is -0.507 e. The van der Waals surface area contributed by atoms with Crippen LogP contribution in [0.1, 0.15) is 44.7 Å². The van der Waals surface area contributed by atoms with Crippen LogP contribution < -0.4 is 5.73 Å². The molecule has 5 rings (SSSR count). The maximum atomic E-state index is 14.0. The third kappa shape index (κ3) is 3.75. The van der Waals surface area contributed by atoms with Gasteiger partial charge in [-0.25, -0.2) is 4.79 Å². The van der Waals surface area contributed by atoms with Gasteiger partial charge in [-0.3, -0.25) is 24.0 Å². The number of phenols is 1. The summed E-state index contributed by atoms with van der Waals surface area (Å²) in [5.41, 5.74) is -0.807. The van der Waals surface area contributed by atoms with E-state index in [4.69, 9.17) is 5.73 Å². The first-order valence-electron chi connectivity index (χ1n) is 12.1. The predicted molar refractivity (Wildman–Crippen MR) is 126 cm³/mol. The maximum absolute atomic E-state index is 14.0. The average Bonchev–Trinajstić information content (AvgIpc) is 2.85. The number of carboxylic acids is 1. The number of alkyl halides is 3. The fraction of sp³-hybridized carbons (Fsp3) is 0.333. The van der Waals surface area contributed by atoms with Gasteiger partial charge in [-0.05, 0) is 53.6 Å². The Bertz CT molecular complexity index is 1560. The van der Waals surface area contributed by atoms with Gasteiger partial charge in [0.05, 0.1) is 22.6 Å². The van der Waals surface area contributed by atoms with Crippen LogP contribution in [0.2, 0.25) is 0 Å². The number of carbonyl (C=O) groups is 6. The Morgan fingerprint density at radius 2 is 1.70 bits per heavy atom. The Balaban J connectivity index is 1.71. The molecule has 40 heavy (non-hydrogen) atoms. The molecule has 2 saturated carbocycles. The number of aliphatic hydroxyl groups is 1. The zero-order valence-electron chi connectivity index (χ0n) is 20.3. The second-order valence-corrected chi connectivity index (χ2v) is 10.3. The molecule has 3 aliphatic rings. The van der Waals surface area contributed by atoms with Crippen LogP contribution in [0.15, 0.2) is 30.3 Å². The maximum Gasteiger partial charge on any atom is 0.420 e. The van der Waals surface area contributed by atoms with Crippen molar-refractivity contribution in [1.82, 2.24) is 0 Å². The summed E-state index contributed by atoms with van der Waals surface area (Å²) in [5, 5.41) is 31.2. The summed E-state index contributed by atoms with van der Waals surface area (Å²) in [6.07, 6.45) is -6.26. The summed E-state index contributed by atoms with van der Waals surface area (Å²) in [5.74, 6) is -15.5. The number of nitrogens with two attached hydrogens (primary N) is 1. The number of carboxylic acid groups (broad SMARTS) is 1. The average molecular weight is 559 g/mol. The van der Waals surface area contributed by atoms with Gasteiger partial charge in [-0.2, -0.15) is 13.2 Å². The largest absolute Gasteiger partial charge is 0.507 e. The molecule has 0 heterocycles. The van der Waals surface area contributed by atoms with Crippen molar-refractivity contribution in [2.75, 3.05) is 0 Å². The van der Waals surface area contributed by atoms with Crippen molar-refractivity contribution in [2.45, 2.75) is 31.0 Å². The highest BCUT2D eigenvalue weighted by Crippen LogP contribution is 2.53. The molecule has 0 saturated heterocycles. The molecule has 2 fully saturated rings. The topological polar surface area (TPSA) is 189 Å². The van der Waals surface area contributed by atoms with Gasteiger partial charge in [0.2, 0.25) is 5.91 Å². The van der Waals surface area contributed by atoms with Gasteiger partial charge in [0.25, 0.3) is 0 Å². The minimum atomic E-state index is -5.16. The predicted octanol–water partition coefficient (Wildman–Crippen LogP) is 1.71. The lowest BCUT2D eigenvalue weighted by atomic mass is 9.53. The quantitative estimate of drug-likeness (QED) is 0.406. The van der Waals surface area contributed by atoms with E-state index in [1.165, 1.54) is 18.2 Å². The van der Waals surface area contributed by atoms with Crippen molar-refractivity contribution in [1.29, 1.82) is 0 Å². The Hall–Kier alpha value is -4.39. The van der Waals surface area contributed by atoms with Crippen molar-refractivity contribution >= 4 is 35.0 Å². The van der Waals surface area contributed by atoms with Gasteiger partial charge < -0.3 is 21.1 Å². The molecular weight excluding hydrogens is 539 g/mol. The Morgan fingerprint density at radius 3 is 2.30 bits per heavy atom. The minimum absolute atomic E-state index is 0.00105. The molecule has 2 unspecified atom stereocenters. The molecule has 0 aliphatic heterocycles. The normalized spacial score (nSPS) is 28.0. The van der Waals surface area contributed by atoms with E-state index in [9.17, 15) is 57.3 Å². The van der Waals surface area contributed by atoms with Crippen molar-refractivity contribution in [3.05, 3.63) is 52.6 Å². The lowest BCUT2D eigenvalue weighted by Crippen LogP contribution is -2.68. The first kappa shape index (κ1) is 27.2. The number of aromatic hydroxyl groups is 1. The highest BCUT2D eigenvalue weighted by atomic mass is 19.4. The van der Waals surface area contributed by atoms with E-state index in [-0.39, 0.29) is 35.1 Å². The summed E-state index contributed by atoms with van der Waals surface area (Å²) >= 11 is 0. The number of phenolic OH excluding ortho intramolecular Hbond substituents is 1. The van der Waals surface area contributed by atoms with Crippen molar-refractivity contribution < 1.29 is 57.3 Å². The fourth-order valence-corrected chi connectivity index (χ4v) is 6.33. The van der Waals surface area contributed by atoms with E-state index in [2.05, 4.69) is 0 Å². The number of carbonyl (C=O) groups excluding carboxylic acids is 5. The molecule has 0 aromatic heterocycles. The number of Topliss-reactive ketones (excluding diaryl/α,β-unsaturated/α-hetero) is 4. The monoisotopic (exact) mass is 559 g/mol. The summed E-state index contributed by atoms with van der Waals surface area (Å²) in [4.78, 5) is 76.0. The summed E-state index contributed by atoms with van der Waals surface area (Å²) in [6.45, 7) is 0. The highest BCUT2D eigenvalue weighted by molar-refractivity contribution is 6.31. The number of hydrogen-bond acceptors (Lipinski definition) is 8. The van der Waals surface area contributed by atoms with Crippen LogP contribution in [0.25, 0.3) is 11.1 Å². The molecule has 0 radical (unpaired) electrons. The van der Waals surface area contributed by atoms with Crippen LogP contribution in [0.5, 0.6) is 5.75 Å². The Kier molecular flexibility index (Phi) is 5.99. The molecule has 13 heteroatoms. The van der Waals surface area contributed by atoms with Crippen molar-refractivity contribution in [3.8, 4) is 16.9 Å². The lowest BCUT2D eigenvalue weighted by Gasteiger charge is -2.48. The van der Waals surface area contributed by atoms with Gasteiger partial charge in [-0.15, -0.1) is 0 Å². The standard InChI is InChI=1S/C27H20F3NO9/c28-27(29,30)15-8-13(9-2-1-3-10(4-9)25(38)39)14-6-11-5-12-7-16(32)19(24(31)37)23(36)26(12,40)22(35)17(11)21(34)18(14)20(15)33/h1-4,8,11-12,17,19,33,40H,5-7H2,(H2,31,37)(H,38,39)/t11-,12+,17?,19?,26+/m1/s1. The molecule has 2 aromatic carbocycles. The Morgan fingerprint density at radius 1 is 1.02 bits per heavy atom. The smallest absolute Gasteiger partial charge is 0.420 e. The number of hydrogen-bond donors (Lipinski definition) is 4. The van der Waals surface area contributed by atoms with Gasteiger partial charge in [0, 0.05) is 12.3 Å². The molecule has 0 bridgehead atoms. The second kappa shape index (κ2) is 8.81. The molecule has 2 aromatic rings. The van der Waals surface area contributed by atoms with Crippen LogP contribution >= 0.6 is 0 Å². The number of benzene rings is 2. The molecule has 3 aliphatic carbocycles. The first-order valence-corrected chi connectivity index (χ1v) is 12.1. The number of primary amides is 1. The number of rotatable bonds is 3. The van der Waals surface area contributed by atoms with E-state index in [1.807, 2.05) is 0 Å². The first-order chi connectivity index (χ1) is 18.6. The molecule has 5 N–H and O–H groups in total. The van der Waals surface area contributed by atoms with Crippen LogP contribution in [0.3, 0.4) is 0 Å². The summed E-state index contributed by atoms with van der Waals surface area (Å²) < 4.78 is 41.9. The van der Waals surface area contributed by atoms with Crippen LogP contribution in [0, 0.1) is 23.7 Å². The Labute approximate surface area is 222 Å².